The van der Waals surface area contributed by atoms with Crippen molar-refractivity contribution in [1.29, 1.82) is 0 Å². The molecule has 0 radical (unpaired) electrons. The average molecular weight is 333 g/mol. The molecule has 0 bridgehead atoms. The van der Waals surface area contributed by atoms with Gasteiger partial charge in [-0.05, 0) is 30.9 Å². The molecule has 2 atom stereocenters. The molecule has 2 rings (SSSR count). The largest absolute Gasteiger partial charge is 0.465 e. The highest BCUT2D eigenvalue weighted by molar-refractivity contribution is 6.03. The molecule has 6 nitrogen and oxygen atoms in total. The monoisotopic (exact) mass is 333 g/mol. The Hall–Kier alpha value is -2.37. The van der Waals surface area contributed by atoms with E-state index in [-0.39, 0.29) is 29.7 Å². The van der Waals surface area contributed by atoms with Crippen LogP contribution in [0.2, 0.25) is 0 Å². The summed E-state index contributed by atoms with van der Waals surface area (Å²) in [6, 6.07) is 6.32. The fourth-order valence-electron chi connectivity index (χ4n) is 2.94. The SMILES string of the molecule is COC(=O)c1ccccc1C(=O)OCC(=O)NC1CCCCC1C. The first-order valence-electron chi connectivity index (χ1n) is 8.16. The Balaban J connectivity index is 1.91. The van der Waals surface area contributed by atoms with Crippen LogP contribution in [0, 0.1) is 5.92 Å². The van der Waals surface area contributed by atoms with E-state index >= 15 is 0 Å². The first kappa shape index (κ1) is 18.0. The summed E-state index contributed by atoms with van der Waals surface area (Å²) in [6.45, 7) is 1.75. The molecule has 0 aliphatic heterocycles. The maximum Gasteiger partial charge on any atom is 0.339 e. The number of hydrogen-bond acceptors (Lipinski definition) is 5. The number of amides is 1. The molecular weight excluding hydrogens is 310 g/mol. The van der Waals surface area contributed by atoms with Crippen molar-refractivity contribution in [3.8, 4) is 0 Å². The number of carbonyl (C=O) groups excluding carboxylic acids is 3. The topological polar surface area (TPSA) is 81.7 Å². The molecule has 1 N–H and O–H groups in total. The van der Waals surface area contributed by atoms with Crippen LogP contribution in [0.25, 0.3) is 0 Å². The van der Waals surface area contributed by atoms with Crippen LogP contribution in [-0.4, -0.2) is 37.6 Å². The summed E-state index contributed by atoms with van der Waals surface area (Å²) < 4.78 is 9.68. The van der Waals surface area contributed by atoms with Crippen LogP contribution in [-0.2, 0) is 14.3 Å². The molecule has 0 spiro atoms. The van der Waals surface area contributed by atoms with Gasteiger partial charge in [0.25, 0.3) is 5.91 Å². The van der Waals surface area contributed by atoms with Gasteiger partial charge in [0, 0.05) is 6.04 Å². The maximum atomic E-state index is 12.1. The second-order valence-corrected chi connectivity index (χ2v) is 6.05. The van der Waals surface area contributed by atoms with Gasteiger partial charge in [0.2, 0.25) is 0 Å². The first-order valence-corrected chi connectivity index (χ1v) is 8.16. The lowest BCUT2D eigenvalue weighted by Crippen LogP contribution is -2.42. The second kappa shape index (κ2) is 8.47. The predicted molar refractivity (Wildman–Crippen MR) is 87.6 cm³/mol. The van der Waals surface area contributed by atoms with E-state index in [1.807, 2.05) is 0 Å². The number of nitrogens with one attached hydrogen (secondary N) is 1. The van der Waals surface area contributed by atoms with Crippen LogP contribution in [0.5, 0.6) is 0 Å². The normalized spacial score (nSPS) is 20.1. The van der Waals surface area contributed by atoms with Gasteiger partial charge < -0.3 is 14.8 Å². The molecule has 130 valence electrons. The van der Waals surface area contributed by atoms with Crippen molar-refractivity contribution in [2.75, 3.05) is 13.7 Å². The molecule has 1 saturated carbocycles. The maximum absolute atomic E-state index is 12.1. The molecule has 6 heteroatoms. The van der Waals surface area contributed by atoms with Gasteiger partial charge in [-0.15, -0.1) is 0 Å². The van der Waals surface area contributed by atoms with Crippen LogP contribution >= 0.6 is 0 Å². The molecule has 1 fully saturated rings. The van der Waals surface area contributed by atoms with E-state index in [9.17, 15) is 14.4 Å². The summed E-state index contributed by atoms with van der Waals surface area (Å²) in [4.78, 5) is 35.8. The Morgan fingerprint density at radius 3 is 2.33 bits per heavy atom. The van der Waals surface area contributed by atoms with Gasteiger partial charge in [0.1, 0.15) is 0 Å². The van der Waals surface area contributed by atoms with E-state index in [2.05, 4.69) is 17.0 Å². The minimum atomic E-state index is -0.720. The van der Waals surface area contributed by atoms with E-state index in [0.717, 1.165) is 19.3 Å². The molecule has 2 unspecified atom stereocenters. The van der Waals surface area contributed by atoms with E-state index in [0.29, 0.717) is 5.92 Å². The number of carbonyl (C=O) groups is 3. The third-order valence-corrected chi connectivity index (χ3v) is 4.34. The van der Waals surface area contributed by atoms with Gasteiger partial charge in [-0.25, -0.2) is 9.59 Å². The van der Waals surface area contributed by atoms with Gasteiger partial charge in [-0.1, -0.05) is 31.9 Å². The highest BCUT2D eigenvalue weighted by Gasteiger charge is 2.24. The van der Waals surface area contributed by atoms with Crippen LogP contribution < -0.4 is 5.32 Å². The Bertz CT molecular complexity index is 613. The van der Waals surface area contributed by atoms with Crippen molar-refractivity contribution in [2.24, 2.45) is 5.92 Å². The average Bonchev–Trinajstić information content (AvgIpc) is 2.61. The van der Waals surface area contributed by atoms with Gasteiger partial charge in [0.15, 0.2) is 6.61 Å². The Labute approximate surface area is 141 Å². The predicted octanol–water partition coefficient (Wildman–Crippen LogP) is 2.32. The molecule has 1 aromatic carbocycles. The van der Waals surface area contributed by atoms with Crippen LogP contribution in [0.3, 0.4) is 0 Å². The van der Waals surface area contributed by atoms with Crippen LogP contribution in [0.15, 0.2) is 24.3 Å². The lowest BCUT2D eigenvalue weighted by molar-refractivity contribution is -0.125. The highest BCUT2D eigenvalue weighted by atomic mass is 16.5. The fourth-order valence-corrected chi connectivity index (χ4v) is 2.94. The van der Waals surface area contributed by atoms with E-state index in [4.69, 9.17) is 4.74 Å². The number of esters is 2. The summed E-state index contributed by atoms with van der Waals surface area (Å²) in [7, 11) is 1.24. The van der Waals surface area contributed by atoms with Crippen molar-refractivity contribution in [3.63, 3.8) is 0 Å². The summed E-state index contributed by atoms with van der Waals surface area (Å²) >= 11 is 0. The van der Waals surface area contributed by atoms with Gasteiger partial charge >= 0.3 is 11.9 Å². The zero-order valence-electron chi connectivity index (χ0n) is 14.0. The molecule has 1 aromatic rings. The number of ether oxygens (including phenoxy) is 2. The zero-order valence-corrected chi connectivity index (χ0v) is 14.0. The van der Waals surface area contributed by atoms with Gasteiger partial charge in [-0.2, -0.15) is 0 Å². The molecule has 0 heterocycles. The van der Waals surface area contributed by atoms with Crippen molar-refractivity contribution >= 4 is 17.8 Å². The van der Waals surface area contributed by atoms with Gasteiger partial charge in [0.05, 0.1) is 18.2 Å². The molecule has 24 heavy (non-hydrogen) atoms. The third-order valence-electron chi connectivity index (χ3n) is 4.34. The van der Waals surface area contributed by atoms with Crippen molar-refractivity contribution in [1.82, 2.24) is 5.32 Å². The highest BCUT2D eigenvalue weighted by Crippen LogP contribution is 2.23. The standard InChI is InChI=1S/C18H23NO5/c1-12-7-3-6-10-15(12)19-16(20)11-24-18(22)14-9-5-4-8-13(14)17(21)23-2/h4-5,8-9,12,15H,3,6-7,10-11H2,1-2H3,(H,19,20). The van der Waals surface area contributed by atoms with Crippen LogP contribution in [0.1, 0.15) is 53.3 Å². The Morgan fingerprint density at radius 2 is 1.71 bits per heavy atom. The minimum Gasteiger partial charge on any atom is -0.465 e. The van der Waals surface area contributed by atoms with Crippen LogP contribution in [0.4, 0.5) is 0 Å². The third kappa shape index (κ3) is 4.57. The molecule has 0 aromatic heterocycles. The summed E-state index contributed by atoms with van der Waals surface area (Å²) in [5.41, 5.74) is 0.203. The molecular formula is C18H23NO5. The van der Waals surface area contributed by atoms with E-state index in [1.165, 1.54) is 25.7 Å². The number of methoxy groups -OCH3 is 1. The van der Waals surface area contributed by atoms with E-state index in [1.54, 1.807) is 12.1 Å². The molecule has 0 saturated heterocycles. The lowest BCUT2D eigenvalue weighted by atomic mass is 9.86. The number of benzene rings is 1. The fraction of sp³-hybridized carbons (Fsp3) is 0.500. The summed E-state index contributed by atoms with van der Waals surface area (Å²) in [5.74, 6) is -1.23. The molecule has 1 aliphatic carbocycles. The minimum absolute atomic E-state index is 0.0863. The van der Waals surface area contributed by atoms with Crippen molar-refractivity contribution in [2.45, 2.75) is 38.6 Å². The molecule has 1 aliphatic rings. The Kier molecular flexibility index (Phi) is 6.35. The number of hydrogen-bond donors (Lipinski definition) is 1. The van der Waals surface area contributed by atoms with Crippen molar-refractivity contribution < 1.29 is 23.9 Å². The summed E-state index contributed by atoms with van der Waals surface area (Å²) in [5, 5.41) is 2.92. The zero-order chi connectivity index (χ0) is 17.5. The lowest BCUT2D eigenvalue weighted by Gasteiger charge is -2.29. The Morgan fingerprint density at radius 1 is 1.08 bits per heavy atom. The first-order chi connectivity index (χ1) is 11.5. The summed E-state index contributed by atoms with van der Waals surface area (Å²) in [6.07, 6.45) is 4.33. The van der Waals surface area contributed by atoms with Crippen molar-refractivity contribution in [3.05, 3.63) is 35.4 Å². The van der Waals surface area contributed by atoms with Gasteiger partial charge in [-0.3, -0.25) is 4.79 Å². The number of rotatable bonds is 5. The smallest absolute Gasteiger partial charge is 0.339 e. The second-order valence-electron chi connectivity index (χ2n) is 6.05. The quantitative estimate of drug-likeness (QED) is 0.836. The molecule has 1 amide bonds. The van der Waals surface area contributed by atoms with E-state index < -0.39 is 11.9 Å².